The monoisotopic (exact) mass is 800 g/mol. The number of carbonyl (C=O) groups is 2. The van der Waals surface area contributed by atoms with Crippen molar-refractivity contribution in [3.8, 4) is 0 Å². The van der Waals surface area contributed by atoms with Crippen LogP contribution in [0.1, 0.15) is 117 Å². The van der Waals surface area contributed by atoms with E-state index in [0.29, 0.717) is 19.3 Å². The quantitative estimate of drug-likeness (QED) is 0.0162. The molecule has 10 nitrogen and oxygen atoms in total. The van der Waals surface area contributed by atoms with Crippen LogP contribution >= 0.6 is 7.82 Å². The summed E-state index contributed by atoms with van der Waals surface area (Å²) in [6, 6.07) is 0. The van der Waals surface area contributed by atoms with Crippen LogP contribution in [-0.2, 0) is 28.2 Å². The van der Waals surface area contributed by atoms with Crippen LogP contribution in [-0.4, -0.2) is 63.5 Å². The zero-order chi connectivity index (χ0) is 41.4. The second kappa shape index (κ2) is 38.3. The van der Waals surface area contributed by atoms with Gasteiger partial charge in [0.05, 0.1) is 18.8 Å². The predicted molar refractivity (Wildman–Crippen MR) is 227 cm³/mol. The first-order chi connectivity index (χ1) is 27.1. The first kappa shape index (κ1) is 52.4. The highest BCUT2D eigenvalue weighted by molar-refractivity contribution is 7.46. The second-order valence-electron chi connectivity index (χ2n) is 12.9. The summed E-state index contributed by atoms with van der Waals surface area (Å²) in [5.41, 5.74) is 0. The minimum Gasteiger partial charge on any atom is -0.462 e. The number of allylic oxidation sites excluding steroid dienone is 18. The molecule has 0 aromatic rings. The molecule has 0 aliphatic carbocycles. The minimum absolute atomic E-state index is 0.0601. The number of esters is 2. The number of hydrogen-bond donors (Lipinski definition) is 4. The standard InChI is InChI=1S/C45H69O10P/c1-3-5-7-8-9-10-11-12-13-14-15-16-17-18-19-20-24-27-31-37-44(48)53-39-43(40-54-56(50,51)52)55-45(49)38-32-36-42(47)35-30-26-23-21-22-25-29-34-41(46)33-28-6-4-2/h5,7,9-10,12-13,15-16,18-19,22-27,29-30,34-35,41-43,46-47H,3-4,6,8,11,14,17,20-21,28,31-33,36-40H2,1-2H3,(H2,50,51,52)/b7-5-,10-9-,13-12-,16-15-,19-18-,25-22-,26-23-,27-24-,34-29+,35-30+/t41-,42-,43-/m1/s1. The number of aliphatic hydroxyl groups excluding tert-OH is 2. The molecule has 4 N–H and O–H groups in total. The Balaban J connectivity index is 4.34. The lowest BCUT2D eigenvalue weighted by atomic mass is 10.1. The number of phosphoric ester groups is 1. The SMILES string of the molecule is CC/C=C\C/C=C\C/C=C\C/C=C\C/C=C\C/C=C\CCC(=O)OC[C@H](COP(=O)(O)O)OC(=O)CCC[C@H](O)/C=C/C=C\C/C=C\C=C\[C@H](O)CCCCC. The van der Waals surface area contributed by atoms with Crippen molar-refractivity contribution >= 4 is 19.8 Å². The van der Waals surface area contributed by atoms with Gasteiger partial charge in [-0.1, -0.05) is 155 Å². The lowest BCUT2D eigenvalue weighted by Crippen LogP contribution is -2.29. The van der Waals surface area contributed by atoms with Gasteiger partial charge < -0.3 is 29.5 Å². The van der Waals surface area contributed by atoms with Crippen molar-refractivity contribution in [2.75, 3.05) is 13.2 Å². The first-order valence-corrected chi connectivity index (χ1v) is 21.6. The molecule has 314 valence electrons. The van der Waals surface area contributed by atoms with Gasteiger partial charge in [-0.2, -0.15) is 0 Å². The average Bonchev–Trinajstić information content (AvgIpc) is 3.15. The molecule has 56 heavy (non-hydrogen) atoms. The van der Waals surface area contributed by atoms with Gasteiger partial charge in [0, 0.05) is 12.8 Å². The van der Waals surface area contributed by atoms with Gasteiger partial charge in [-0.05, 0) is 70.6 Å². The highest BCUT2D eigenvalue weighted by Crippen LogP contribution is 2.36. The van der Waals surface area contributed by atoms with E-state index in [4.69, 9.17) is 19.3 Å². The van der Waals surface area contributed by atoms with E-state index in [2.05, 4.69) is 73.1 Å². The first-order valence-electron chi connectivity index (χ1n) is 20.0. The van der Waals surface area contributed by atoms with Crippen LogP contribution in [0.3, 0.4) is 0 Å². The maximum atomic E-state index is 12.4. The van der Waals surface area contributed by atoms with Crippen molar-refractivity contribution in [2.24, 2.45) is 0 Å². The van der Waals surface area contributed by atoms with Gasteiger partial charge >= 0.3 is 19.8 Å². The van der Waals surface area contributed by atoms with Crippen LogP contribution in [0.2, 0.25) is 0 Å². The van der Waals surface area contributed by atoms with E-state index >= 15 is 0 Å². The van der Waals surface area contributed by atoms with Gasteiger partial charge in [0.15, 0.2) is 6.10 Å². The summed E-state index contributed by atoms with van der Waals surface area (Å²) in [7, 11) is -4.84. The highest BCUT2D eigenvalue weighted by atomic mass is 31.2. The Morgan fingerprint density at radius 1 is 0.571 bits per heavy atom. The summed E-state index contributed by atoms with van der Waals surface area (Å²) in [6.45, 7) is 3.19. The van der Waals surface area contributed by atoms with Crippen LogP contribution in [0, 0.1) is 0 Å². The summed E-state index contributed by atoms with van der Waals surface area (Å²) in [6.07, 6.45) is 48.6. The Morgan fingerprint density at radius 2 is 1.05 bits per heavy atom. The number of hydrogen-bond acceptors (Lipinski definition) is 8. The molecular weight excluding hydrogens is 731 g/mol. The third kappa shape index (κ3) is 40.0. The fourth-order valence-corrected chi connectivity index (χ4v) is 5.03. The number of phosphoric acid groups is 1. The van der Waals surface area contributed by atoms with E-state index in [9.17, 15) is 24.4 Å². The molecule has 11 heteroatoms. The van der Waals surface area contributed by atoms with Gasteiger partial charge in [-0.15, -0.1) is 0 Å². The van der Waals surface area contributed by atoms with Gasteiger partial charge in [-0.3, -0.25) is 14.1 Å². The van der Waals surface area contributed by atoms with E-state index in [1.54, 1.807) is 18.2 Å². The number of carbonyl (C=O) groups excluding carboxylic acids is 2. The molecule has 0 fully saturated rings. The molecule has 0 heterocycles. The van der Waals surface area contributed by atoms with Crippen LogP contribution in [0.5, 0.6) is 0 Å². The number of aliphatic hydroxyl groups is 2. The molecule has 0 aromatic heterocycles. The van der Waals surface area contributed by atoms with Crippen molar-refractivity contribution < 1.29 is 48.2 Å². The zero-order valence-electron chi connectivity index (χ0n) is 33.7. The Hall–Kier alpha value is -3.63. The largest absolute Gasteiger partial charge is 0.469 e. The normalized spacial score (nSPS) is 14.9. The van der Waals surface area contributed by atoms with E-state index in [-0.39, 0.29) is 19.3 Å². The van der Waals surface area contributed by atoms with Crippen molar-refractivity contribution in [1.82, 2.24) is 0 Å². The third-order valence-electron chi connectivity index (χ3n) is 7.69. The molecule has 0 aliphatic heterocycles. The molecule has 0 saturated carbocycles. The Labute approximate surface area is 336 Å². The summed E-state index contributed by atoms with van der Waals surface area (Å²) in [5.74, 6) is -1.23. The van der Waals surface area contributed by atoms with Gasteiger partial charge in [-0.25, -0.2) is 4.57 Å². The molecule has 0 aromatic carbocycles. The number of ether oxygens (including phenoxy) is 2. The van der Waals surface area contributed by atoms with E-state index in [0.717, 1.165) is 64.2 Å². The smallest absolute Gasteiger partial charge is 0.462 e. The molecule has 0 rings (SSSR count). The minimum atomic E-state index is -4.84. The highest BCUT2D eigenvalue weighted by Gasteiger charge is 2.23. The van der Waals surface area contributed by atoms with E-state index in [1.165, 1.54) is 0 Å². The molecule has 0 unspecified atom stereocenters. The summed E-state index contributed by atoms with van der Waals surface area (Å²) in [4.78, 5) is 42.8. The molecular formula is C45H69O10P. The van der Waals surface area contributed by atoms with Crippen LogP contribution in [0.15, 0.2) is 122 Å². The molecule has 0 radical (unpaired) electrons. The topological polar surface area (TPSA) is 160 Å². The maximum absolute atomic E-state index is 12.4. The van der Waals surface area contributed by atoms with Gasteiger partial charge in [0.1, 0.15) is 6.61 Å². The van der Waals surface area contributed by atoms with Crippen molar-refractivity contribution in [1.29, 1.82) is 0 Å². The lowest BCUT2D eigenvalue weighted by molar-refractivity contribution is -0.161. The number of unbranched alkanes of at least 4 members (excludes halogenated alkanes) is 2. The molecule has 0 aliphatic rings. The molecule has 0 spiro atoms. The predicted octanol–water partition coefficient (Wildman–Crippen LogP) is 10.1. The van der Waals surface area contributed by atoms with E-state index in [1.807, 2.05) is 48.6 Å². The fourth-order valence-electron chi connectivity index (χ4n) is 4.67. The maximum Gasteiger partial charge on any atom is 0.469 e. The zero-order valence-corrected chi connectivity index (χ0v) is 34.6. The summed E-state index contributed by atoms with van der Waals surface area (Å²) < 4.78 is 26.1. The molecule has 0 amide bonds. The van der Waals surface area contributed by atoms with Crippen LogP contribution in [0.4, 0.5) is 0 Å². The fraction of sp³-hybridized carbons (Fsp3) is 0.511. The molecule has 3 atom stereocenters. The Bertz CT molecular complexity index is 1350. The van der Waals surface area contributed by atoms with Crippen LogP contribution < -0.4 is 0 Å². The average molecular weight is 801 g/mol. The number of rotatable bonds is 34. The van der Waals surface area contributed by atoms with Crippen molar-refractivity contribution in [2.45, 2.75) is 135 Å². The molecule has 0 saturated heterocycles. The van der Waals surface area contributed by atoms with Crippen molar-refractivity contribution in [3.05, 3.63) is 122 Å². The summed E-state index contributed by atoms with van der Waals surface area (Å²) in [5, 5.41) is 20.1. The third-order valence-corrected chi connectivity index (χ3v) is 8.17. The van der Waals surface area contributed by atoms with Crippen LogP contribution in [0.25, 0.3) is 0 Å². The van der Waals surface area contributed by atoms with Gasteiger partial charge in [0.2, 0.25) is 0 Å². The van der Waals surface area contributed by atoms with E-state index < -0.39 is 51.3 Å². The Kier molecular flexibility index (Phi) is 35.8. The van der Waals surface area contributed by atoms with Gasteiger partial charge in [0.25, 0.3) is 0 Å². The Morgan fingerprint density at radius 3 is 1.55 bits per heavy atom. The van der Waals surface area contributed by atoms with Crippen molar-refractivity contribution in [3.63, 3.8) is 0 Å². The summed E-state index contributed by atoms with van der Waals surface area (Å²) >= 11 is 0. The lowest BCUT2D eigenvalue weighted by Gasteiger charge is -2.18. The second-order valence-corrected chi connectivity index (χ2v) is 14.2. The molecule has 0 bridgehead atoms.